The number of aromatic nitrogens is 5. The zero-order chi connectivity index (χ0) is 45.0. The second kappa shape index (κ2) is 16.3. The Hall–Kier alpha value is -9.27. The molecule has 9 aromatic carbocycles. The molecule has 4 heterocycles. The number of nitrogens with zero attached hydrogens (tertiary/aromatic N) is 7. The molecule has 1 N–H and O–H groups in total. The van der Waals surface area contributed by atoms with Crippen molar-refractivity contribution in [2.45, 2.75) is 6.29 Å². The van der Waals surface area contributed by atoms with Crippen LogP contribution in [0.15, 0.2) is 241 Å². The molecule has 8 heteroatoms. The Bertz CT molecular complexity index is 3870. The third-order valence-electron chi connectivity index (χ3n) is 12.9. The second-order valence-corrected chi connectivity index (χ2v) is 16.9. The van der Waals surface area contributed by atoms with Gasteiger partial charge in [0.1, 0.15) is 5.84 Å². The first-order valence-corrected chi connectivity index (χ1v) is 22.8. The summed E-state index contributed by atoms with van der Waals surface area (Å²) in [5, 5.41) is 8.32. The van der Waals surface area contributed by atoms with Crippen molar-refractivity contribution in [2.24, 2.45) is 9.98 Å². The van der Waals surface area contributed by atoms with Gasteiger partial charge in [-0.05, 0) is 35.4 Å². The van der Waals surface area contributed by atoms with Crippen molar-refractivity contribution in [3.8, 4) is 51.0 Å². The summed E-state index contributed by atoms with van der Waals surface area (Å²) < 4.78 is 4.77. The number of hydrogen-bond donors (Lipinski definition) is 1. The molecule has 8 nitrogen and oxygen atoms in total. The highest BCUT2D eigenvalue weighted by Crippen LogP contribution is 2.43. The van der Waals surface area contributed by atoms with Crippen LogP contribution >= 0.6 is 0 Å². The van der Waals surface area contributed by atoms with Crippen molar-refractivity contribution in [2.75, 3.05) is 0 Å². The SMILES string of the molecule is c1ccc(C2=NC(c3ccccc3-c3ccccc3)=NC(n3c4ccccc4c4ccc5c6ccccc6n(-c6ccccc6-c6nc(-c7ccccc7)nc(-c7ccccc7)n6)c5c43)N2)cc1. The van der Waals surface area contributed by atoms with Crippen molar-refractivity contribution in [1.29, 1.82) is 0 Å². The predicted molar refractivity (Wildman–Crippen MR) is 277 cm³/mol. The molecule has 0 saturated heterocycles. The van der Waals surface area contributed by atoms with E-state index in [4.69, 9.17) is 24.9 Å². The smallest absolute Gasteiger partial charge is 0.204 e. The van der Waals surface area contributed by atoms with Gasteiger partial charge in [0.2, 0.25) is 6.29 Å². The van der Waals surface area contributed by atoms with Crippen LogP contribution in [0.4, 0.5) is 0 Å². The topological polar surface area (TPSA) is 85.3 Å². The highest BCUT2D eigenvalue weighted by Gasteiger charge is 2.29. The maximum Gasteiger partial charge on any atom is 0.204 e. The van der Waals surface area contributed by atoms with E-state index in [1.54, 1.807) is 0 Å². The minimum Gasteiger partial charge on any atom is -0.331 e. The van der Waals surface area contributed by atoms with E-state index in [0.29, 0.717) is 23.3 Å². The van der Waals surface area contributed by atoms with E-state index in [1.165, 1.54) is 0 Å². The van der Waals surface area contributed by atoms with Gasteiger partial charge < -0.3 is 9.88 Å². The molecule has 0 aliphatic carbocycles. The van der Waals surface area contributed by atoms with Crippen molar-refractivity contribution in [3.05, 3.63) is 242 Å². The standard InChI is InChI=1S/C60H40N8/c1-5-21-39(22-6-1)43-29-13-14-32-48(43)58-64-57(42-27-11-4-12-28-42)65-60(66-58)68-51-35-19-16-31-45(51)47-38-37-46-44-30-15-18-34-50(44)67(53(46)54(47)68)52-36-20-17-33-49(52)59-62-55(40-23-7-2-8-24-40)61-56(63-59)41-25-9-3-10-26-41/h1-38,60H,(H,64,65,66). The first-order valence-electron chi connectivity index (χ1n) is 22.8. The normalized spacial score (nSPS) is 13.7. The molecular formula is C60H40N8. The Morgan fingerprint density at radius 3 is 1.47 bits per heavy atom. The van der Waals surface area contributed by atoms with Crippen molar-refractivity contribution in [3.63, 3.8) is 0 Å². The van der Waals surface area contributed by atoms with Gasteiger partial charge >= 0.3 is 0 Å². The van der Waals surface area contributed by atoms with Gasteiger partial charge in [-0.15, -0.1) is 0 Å². The molecule has 0 saturated carbocycles. The quantitative estimate of drug-likeness (QED) is 0.165. The van der Waals surface area contributed by atoms with Gasteiger partial charge in [-0.3, -0.25) is 4.57 Å². The van der Waals surface area contributed by atoms with Crippen LogP contribution in [0.1, 0.15) is 17.4 Å². The summed E-state index contributed by atoms with van der Waals surface area (Å²) in [4.78, 5) is 26.4. The molecule has 1 atom stereocenters. The van der Waals surface area contributed by atoms with Gasteiger partial charge in [0, 0.05) is 49.4 Å². The molecule has 12 aromatic rings. The maximum atomic E-state index is 5.61. The highest BCUT2D eigenvalue weighted by molar-refractivity contribution is 6.24. The molecule has 13 rings (SSSR count). The Morgan fingerprint density at radius 1 is 0.353 bits per heavy atom. The van der Waals surface area contributed by atoms with Gasteiger partial charge in [-0.2, -0.15) is 0 Å². The van der Waals surface area contributed by atoms with Gasteiger partial charge in [-0.25, -0.2) is 24.9 Å². The summed E-state index contributed by atoms with van der Waals surface area (Å²) in [7, 11) is 0. The van der Waals surface area contributed by atoms with Crippen molar-refractivity contribution >= 4 is 55.3 Å². The third-order valence-corrected chi connectivity index (χ3v) is 12.9. The van der Waals surface area contributed by atoms with Crippen molar-refractivity contribution < 1.29 is 0 Å². The van der Waals surface area contributed by atoms with Crippen LogP contribution < -0.4 is 5.32 Å². The van der Waals surface area contributed by atoms with Gasteiger partial charge in [0.15, 0.2) is 23.3 Å². The highest BCUT2D eigenvalue weighted by atomic mass is 15.3. The Balaban J connectivity index is 1.10. The molecule has 320 valence electrons. The van der Waals surface area contributed by atoms with E-state index in [9.17, 15) is 0 Å². The summed E-state index contributed by atoms with van der Waals surface area (Å²) in [6, 6.07) is 79.8. The lowest BCUT2D eigenvalue weighted by molar-refractivity contribution is 0.516. The average Bonchev–Trinajstić information content (AvgIpc) is 3.95. The number of para-hydroxylation sites is 3. The number of nitrogens with one attached hydrogen (secondary N) is 1. The fourth-order valence-corrected chi connectivity index (χ4v) is 9.81. The molecule has 1 aliphatic rings. The van der Waals surface area contributed by atoms with E-state index < -0.39 is 6.29 Å². The Kier molecular flexibility index (Phi) is 9.38. The summed E-state index contributed by atoms with van der Waals surface area (Å²) in [5.74, 6) is 3.18. The first kappa shape index (κ1) is 39.1. The average molecular weight is 873 g/mol. The van der Waals surface area contributed by atoms with Gasteiger partial charge in [0.05, 0.1) is 27.8 Å². The molecule has 1 aliphatic heterocycles. The summed E-state index contributed by atoms with van der Waals surface area (Å²) >= 11 is 0. The molecule has 3 aromatic heterocycles. The molecule has 68 heavy (non-hydrogen) atoms. The van der Waals surface area contributed by atoms with E-state index in [1.807, 2.05) is 72.8 Å². The van der Waals surface area contributed by atoms with E-state index in [0.717, 1.165) is 94.1 Å². The minimum absolute atomic E-state index is 0.580. The fraction of sp³-hybridized carbons (Fsp3) is 0.0167. The van der Waals surface area contributed by atoms with Gasteiger partial charge in [0.25, 0.3) is 0 Å². The molecule has 0 fully saturated rings. The zero-order valence-electron chi connectivity index (χ0n) is 36.6. The molecular weight excluding hydrogens is 833 g/mol. The van der Waals surface area contributed by atoms with Crippen LogP contribution in [-0.4, -0.2) is 35.8 Å². The van der Waals surface area contributed by atoms with Crippen LogP contribution in [0.25, 0.3) is 94.6 Å². The maximum absolute atomic E-state index is 5.61. The van der Waals surface area contributed by atoms with Gasteiger partial charge in [-0.1, -0.05) is 206 Å². The zero-order valence-corrected chi connectivity index (χ0v) is 36.6. The summed E-state index contributed by atoms with van der Waals surface area (Å²) in [5.41, 5.74) is 11.9. The number of aliphatic imine (C=N–C) groups is 2. The number of fused-ring (bicyclic) bond motifs is 7. The van der Waals surface area contributed by atoms with E-state index in [-0.39, 0.29) is 0 Å². The van der Waals surface area contributed by atoms with E-state index in [2.05, 4.69) is 172 Å². The summed E-state index contributed by atoms with van der Waals surface area (Å²) in [6.45, 7) is 0. The van der Waals surface area contributed by atoms with Crippen molar-refractivity contribution in [1.82, 2.24) is 29.4 Å². The number of amidine groups is 2. The van der Waals surface area contributed by atoms with Crippen LogP contribution in [0.5, 0.6) is 0 Å². The lowest BCUT2D eigenvalue weighted by atomic mass is 9.99. The number of rotatable bonds is 8. The largest absolute Gasteiger partial charge is 0.331 e. The fourth-order valence-electron chi connectivity index (χ4n) is 9.81. The van der Waals surface area contributed by atoms with Crippen LogP contribution in [0, 0.1) is 0 Å². The van der Waals surface area contributed by atoms with Crippen LogP contribution in [0.3, 0.4) is 0 Å². The summed E-state index contributed by atoms with van der Waals surface area (Å²) in [6.07, 6.45) is -0.596. The number of benzene rings is 9. The Labute approximate surface area is 391 Å². The second-order valence-electron chi connectivity index (χ2n) is 16.9. The number of hydrogen-bond acceptors (Lipinski definition) is 6. The Morgan fingerprint density at radius 2 is 0.824 bits per heavy atom. The van der Waals surface area contributed by atoms with Crippen LogP contribution in [0.2, 0.25) is 0 Å². The molecule has 0 amide bonds. The van der Waals surface area contributed by atoms with Crippen LogP contribution in [-0.2, 0) is 0 Å². The lowest BCUT2D eigenvalue weighted by Crippen LogP contribution is -2.36. The monoisotopic (exact) mass is 872 g/mol. The molecule has 0 bridgehead atoms. The predicted octanol–water partition coefficient (Wildman–Crippen LogP) is 13.7. The lowest BCUT2D eigenvalue weighted by Gasteiger charge is -2.26. The molecule has 1 unspecified atom stereocenters. The molecule has 0 radical (unpaired) electrons. The van der Waals surface area contributed by atoms with E-state index >= 15 is 0 Å². The third kappa shape index (κ3) is 6.57. The minimum atomic E-state index is -0.596. The first-order chi connectivity index (χ1) is 33.7. The molecule has 0 spiro atoms.